The fourth-order valence-corrected chi connectivity index (χ4v) is 2.44. The Morgan fingerprint density at radius 3 is 2.04 bits per heavy atom. The van der Waals surface area contributed by atoms with Crippen LogP contribution in [0.5, 0.6) is 11.5 Å². The zero-order valence-corrected chi connectivity index (χ0v) is 14.5. The van der Waals surface area contributed by atoms with Gasteiger partial charge in [-0.25, -0.2) is 0 Å². The molecule has 4 heteroatoms. The van der Waals surface area contributed by atoms with E-state index in [-0.39, 0.29) is 0 Å². The number of nitrogens with two attached hydrogens (primary N) is 2. The molecule has 4 N–H and O–H groups in total. The Morgan fingerprint density at radius 2 is 1.35 bits per heavy atom. The van der Waals surface area contributed by atoms with Gasteiger partial charge in [-0.1, -0.05) is 54.6 Å². The quantitative estimate of drug-likeness (QED) is 0.376. The second kappa shape index (κ2) is 8.62. The standard InChI is InChI=1S/C22H22N2O2/c23-19-10-13-22(21(24)16-19)26-15-14-25-20-11-8-18(9-12-20)7-6-17-4-2-1-3-5-17/h1-13,16H,14-15,23-24H2. The summed E-state index contributed by atoms with van der Waals surface area (Å²) in [6, 6.07) is 23.3. The molecule has 0 aliphatic rings. The number of nitrogen functional groups attached to an aromatic ring is 2. The van der Waals surface area contributed by atoms with Gasteiger partial charge in [0.1, 0.15) is 24.7 Å². The molecule has 0 aliphatic heterocycles. The van der Waals surface area contributed by atoms with Crippen LogP contribution in [0.3, 0.4) is 0 Å². The van der Waals surface area contributed by atoms with Crippen LogP contribution in [0.1, 0.15) is 11.1 Å². The Hall–Kier alpha value is -3.40. The molecule has 4 nitrogen and oxygen atoms in total. The van der Waals surface area contributed by atoms with Crippen LogP contribution < -0.4 is 20.9 Å². The third kappa shape index (κ3) is 5.05. The molecule has 0 radical (unpaired) electrons. The van der Waals surface area contributed by atoms with Gasteiger partial charge in [-0.3, -0.25) is 0 Å². The molecule has 0 unspecified atom stereocenters. The van der Waals surface area contributed by atoms with Crippen LogP contribution in [-0.2, 0) is 0 Å². The molecule has 26 heavy (non-hydrogen) atoms. The van der Waals surface area contributed by atoms with Crippen LogP contribution in [-0.4, -0.2) is 13.2 Å². The molecule has 0 spiro atoms. The normalized spacial score (nSPS) is 10.8. The van der Waals surface area contributed by atoms with E-state index in [4.69, 9.17) is 20.9 Å². The summed E-state index contributed by atoms with van der Waals surface area (Å²) in [5.41, 5.74) is 14.9. The average Bonchev–Trinajstić information content (AvgIpc) is 2.67. The lowest BCUT2D eigenvalue weighted by Gasteiger charge is -2.10. The fourth-order valence-electron chi connectivity index (χ4n) is 2.44. The second-order valence-corrected chi connectivity index (χ2v) is 5.81. The molecule has 0 heterocycles. The highest BCUT2D eigenvalue weighted by atomic mass is 16.5. The van der Waals surface area contributed by atoms with E-state index in [9.17, 15) is 0 Å². The molecule has 0 saturated heterocycles. The minimum atomic E-state index is 0.407. The van der Waals surface area contributed by atoms with E-state index in [1.807, 2.05) is 42.5 Å². The Kier molecular flexibility index (Phi) is 5.78. The summed E-state index contributed by atoms with van der Waals surface area (Å²) in [6.45, 7) is 0.840. The predicted octanol–water partition coefficient (Wildman–Crippen LogP) is 4.48. The Morgan fingerprint density at radius 1 is 0.692 bits per heavy atom. The lowest BCUT2D eigenvalue weighted by atomic mass is 10.1. The molecule has 0 saturated carbocycles. The molecule has 3 aromatic carbocycles. The van der Waals surface area contributed by atoms with Gasteiger partial charge in [-0.15, -0.1) is 0 Å². The summed E-state index contributed by atoms with van der Waals surface area (Å²) < 4.78 is 11.3. The van der Waals surface area contributed by atoms with E-state index in [1.165, 1.54) is 5.56 Å². The summed E-state index contributed by atoms with van der Waals surface area (Å²) >= 11 is 0. The first-order valence-electron chi connectivity index (χ1n) is 8.44. The molecule has 132 valence electrons. The number of rotatable bonds is 7. The van der Waals surface area contributed by atoms with Gasteiger partial charge in [0.25, 0.3) is 0 Å². The van der Waals surface area contributed by atoms with Gasteiger partial charge in [0.15, 0.2) is 0 Å². The maximum atomic E-state index is 5.85. The summed E-state index contributed by atoms with van der Waals surface area (Å²) in [5.74, 6) is 1.42. The van der Waals surface area contributed by atoms with Crippen molar-refractivity contribution in [3.05, 3.63) is 83.9 Å². The maximum absolute atomic E-state index is 5.85. The molecule has 0 bridgehead atoms. The van der Waals surface area contributed by atoms with Crippen LogP contribution in [0.4, 0.5) is 11.4 Å². The number of anilines is 2. The minimum absolute atomic E-state index is 0.407. The average molecular weight is 346 g/mol. The van der Waals surface area contributed by atoms with Crippen molar-refractivity contribution in [3.8, 4) is 11.5 Å². The lowest BCUT2D eigenvalue weighted by molar-refractivity contribution is 0.218. The number of hydrogen-bond acceptors (Lipinski definition) is 4. The van der Waals surface area contributed by atoms with Crippen molar-refractivity contribution in [2.75, 3.05) is 24.7 Å². The molecule has 3 rings (SSSR count). The molecule has 0 atom stereocenters. The molecular weight excluding hydrogens is 324 g/mol. The first-order chi connectivity index (χ1) is 12.7. The Labute approximate surface area is 153 Å². The third-order valence-electron chi connectivity index (χ3n) is 3.79. The SMILES string of the molecule is Nc1ccc(OCCOc2ccc(C=Cc3ccccc3)cc2)c(N)c1. The topological polar surface area (TPSA) is 70.5 Å². The Balaban J connectivity index is 1.46. The largest absolute Gasteiger partial charge is 0.490 e. The van der Waals surface area contributed by atoms with Gasteiger partial charge >= 0.3 is 0 Å². The van der Waals surface area contributed by atoms with Gasteiger partial charge in [-0.2, -0.15) is 0 Å². The van der Waals surface area contributed by atoms with E-state index >= 15 is 0 Å². The van der Waals surface area contributed by atoms with Crippen molar-refractivity contribution in [1.29, 1.82) is 0 Å². The van der Waals surface area contributed by atoms with E-state index in [1.54, 1.807) is 18.2 Å². The zero-order valence-electron chi connectivity index (χ0n) is 14.5. The van der Waals surface area contributed by atoms with Crippen molar-refractivity contribution in [2.45, 2.75) is 0 Å². The molecule has 0 fully saturated rings. The van der Waals surface area contributed by atoms with Gasteiger partial charge in [0, 0.05) is 5.69 Å². The highest BCUT2D eigenvalue weighted by molar-refractivity contribution is 5.69. The monoisotopic (exact) mass is 346 g/mol. The molecule has 0 amide bonds. The van der Waals surface area contributed by atoms with Crippen molar-refractivity contribution >= 4 is 23.5 Å². The van der Waals surface area contributed by atoms with Crippen molar-refractivity contribution < 1.29 is 9.47 Å². The second-order valence-electron chi connectivity index (χ2n) is 5.81. The fraction of sp³-hybridized carbons (Fsp3) is 0.0909. The molecule has 0 aromatic heterocycles. The van der Waals surface area contributed by atoms with Crippen LogP contribution >= 0.6 is 0 Å². The molecule has 3 aromatic rings. The predicted molar refractivity (Wildman–Crippen MR) is 108 cm³/mol. The zero-order chi connectivity index (χ0) is 18.2. The van der Waals surface area contributed by atoms with E-state index in [0.717, 1.165) is 11.3 Å². The van der Waals surface area contributed by atoms with Gasteiger partial charge in [-0.05, 0) is 41.5 Å². The van der Waals surface area contributed by atoms with Gasteiger partial charge < -0.3 is 20.9 Å². The van der Waals surface area contributed by atoms with Crippen LogP contribution in [0.2, 0.25) is 0 Å². The smallest absolute Gasteiger partial charge is 0.142 e. The number of benzene rings is 3. The lowest BCUT2D eigenvalue weighted by Crippen LogP contribution is -2.10. The molecule has 0 aliphatic carbocycles. The summed E-state index contributed by atoms with van der Waals surface area (Å²) in [7, 11) is 0. The van der Waals surface area contributed by atoms with Gasteiger partial charge in [0.05, 0.1) is 5.69 Å². The van der Waals surface area contributed by atoms with Gasteiger partial charge in [0.2, 0.25) is 0 Å². The van der Waals surface area contributed by atoms with Crippen molar-refractivity contribution in [1.82, 2.24) is 0 Å². The van der Waals surface area contributed by atoms with E-state index < -0.39 is 0 Å². The first-order valence-corrected chi connectivity index (χ1v) is 8.44. The third-order valence-corrected chi connectivity index (χ3v) is 3.79. The summed E-state index contributed by atoms with van der Waals surface area (Å²) in [4.78, 5) is 0. The van der Waals surface area contributed by atoms with Crippen molar-refractivity contribution in [3.63, 3.8) is 0 Å². The molecular formula is C22H22N2O2. The first kappa shape index (κ1) is 17.4. The summed E-state index contributed by atoms with van der Waals surface area (Å²) in [5, 5.41) is 0. The van der Waals surface area contributed by atoms with Crippen molar-refractivity contribution in [2.24, 2.45) is 0 Å². The van der Waals surface area contributed by atoms with Crippen LogP contribution in [0.25, 0.3) is 12.2 Å². The number of ether oxygens (including phenoxy) is 2. The maximum Gasteiger partial charge on any atom is 0.142 e. The Bertz CT molecular complexity index is 859. The van der Waals surface area contributed by atoms with Crippen LogP contribution in [0.15, 0.2) is 72.8 Å². The summed E-state index contributed by atoms with van der Waals surface area (Å²) in [6.07, 6.45) is 4.16. The minimum Gasteiger partial charge on any atom is -0.490 e. The van der Waals surface area contributed by atoms with Crippen LogP contribution in [0, 0.1) is 0 Å². The number of hydrogen-bond donors (Lipinski definition) is 2. The highest BCUT2D eigenvalue weighted by Crippen LogP contribution is 2.23. The van der Waals surface area contributed by atoms with E-state index in [0.29, 0.717) is 30.3 Å². The van der Waals surface area contributed by atoms with E-state index in [2.05, 4.69) is 24.3 Å². The highest BCUT2D eigenvalue weighted by Gasteiger charge is 2.01.